The molecule has 6 aliphatic carbocycles. The van der Waals surface area contributed by atoms with Crippen LogP contribution in [0.5, 0.6) is 0 Å². The fourth-order valence-corrected chi connectivity index (χ4v) is 12.6. The van der Waals surface area contributed by atoms with Crippen LogP contribution in [-0.4, -0.2) is 40.1 Å². The molecule has 6 heteroatoms. The highest BCUT2D eigenvalue weighted by Gasteiger charge is 2.76. The fraction of sp³-hybridized carbons (Fsp3) is 0.487. The zero-order valence-corrected chi connectivity index (χ0v) is 26.9. The Hall–Kier alpha value is -3.22. The second kappa shape index (κ2) is 9.19. The van der Waals surface area contributed by atoms with E-state index in [0.717, 1.165) is 64.6 Å². The van der Waals surface area contributed by atoms with Gasteiger partial charge in [0, 0.05) is 33.1 Å². The lowest BCUT2D eigenvalue weighted by Crippen LogP contribution is -2.67. The number of allylic oxidation sites excluding steroid dienone is 4. The van der Waals surface area contributed by atoms with E-state index in [1.807, 2.05) is 35.2 Å². The Morgan fingerprint density at radius 3 is 2.51 bits per heavy atom. The van der Waals surface area contributed by atoms with E-state index in [4.69, 9.17) is 4.74 Å². The Balaban J connectivity index is 1.16. The molecule has 1 N–H and O–H groups in total. The van der Waals surface area contributed by atoms with E-state index in [1.165, 1.54) is 0 Å². The van der Waals surface area contributed by atoms with Gasteiger partial charge in [-0.25, -0.2) is 4.79 Å². The molecule has 0 unspecified atom stereocenters. The normalized spacial score (nSPS) is 41.1. The molecule has 1 aromatic heterocycles. The molecule has 1 aliphatic heterocycles. The number of rotatable bonds is 4. The maximum absolute atomic E-state index is 14.9. The highest BCUT2D eigenvalue weighted by atomic mass is 32.1. The summed E-state index contributed by atoms with van der Waals surface area (Å²) in [6, 6.07) is 20.5. The van der Waals surface area contributed by atoms with Gasteiger partial charge in [-0.15, -0.1) is 11.3 Å². The third-order valence-electron chi connectivity index (χ3n) is 13.8. The highest BCUT2D eigenvalue weighted by molar-refractivity contribution is 7.21. The number of ketones is 1. The minimum Gasteiger partial charge on any atom is -0.440 e. The minimum absolute atomic E-state index is 0.0340. The van der Waals surface area contributed by atoms with Crippen molar-refractivity contribution in [3.63, 3.8) is 0 Å². The van der Waals surface area contributed by atoms with Crippen LogP contribution in [0.25, 0.3) is 10.1 Å². The number of nitrogens with zero attached hydrogens (tertiary/aromatic N) is 1. The zero-order chi connectivity index (χ0) is 30.8. The zero-order valence-electron chi connectivity index (χ0n) is 26.1. The van der Waals surface area contributed by atoms with E-state index in [2.05, 4.69) is 62.4 Å². The van der Waals surface area contributed by atoms with Crippen molar-refractivity contribution in [1.29, 1.82) is 0 Å². The largest absolute Gasteiger partial charge is 0.440 e. The van der Waals surface area contributed by atoms with Crippen LogP contribution in [0.3, 0.4) is 0 Å². The standard InChI is InChI=1S/C39H41NO4S/c1-35-15-12-27(41)21-37(35)18-19-39(28(22-37)33(42)30-20-26-10-6-7-11-29(26)45-30)31(35)13-16-36(2)32(39)14-17-38(36)24-40(34(43)44-38)23-25-8-4-3-5-9-25/h3-11,18-20,22,27,31-32,41H,12-17,21,23-24H2,1-2H3/t27-,31+,32+,35+,36-,37-,38+,39-/m0/s1. The third kappa shape index (κ3) is 3.48. The quantitative estimate of drug-likeness (QED) is 0.236. The number of carbonyl (C=O) groups excluding carboxylic acids is 2. The number of hydrogen-bond donors (Lipinski definition) is 1. The number of amides is 1. The lowest BCUT2D eigenvalue weighted by atomic mass is 9.32. The Morgan fingerprint density at radius 1 is 0.956 bits per heavy atom. The summed E-state index contributed by atoms with van der Waals surface area (Å²) in [5, 5.41) is 12.1. The Kier molecular flexibility index (Phi) is 5.73. The van der Waals surface area contributed by atoms with Crippen molar-refractivity contribution >= 4 is 33.3 Å². The van der Waals surface area contributed by atoms with E-state index in [9.17, 15) is 14.7 Å². The fourth-order valence-electron chi connectivity index (χ4n) is 11.5. The number of fused-ring (bicyclic) bond motifs is 3. The molecule has 10 rings (SSSR count). The van der Waals surface area contributed by atoms with Gasteiger partial charge in [0.25, 0.3) is 0 Å². The molecular formula is C39H41NO4S. The second-order valence-corrected chi connectivity index (χ2v) is 16.5. The minimum atomic E-state index is -0.571. The van der Waals surface area contributed by atoms with E-state index in [1.54, 1.807) is 11.3 Å². The number of aliphatic hydroxyl groups excluding tert-OH is 1. The van der Waals surface area contributed by atoms with Crippen molar-refractivity contribution in [2.24, 2.45) is 33.5 Å². The average Bonchev–Trinajstić information content (AvgIpc) is 3.70. The maximum Gasteiger partial charge on any atom is 0.410 e. The smallest absolute Gasteiger partial charge is 0.410 e. The molecule has 8 atom stereocenters. The number of hydrogen-bond acceptors (Lipinski definition) is 5. The molecule has 2 heterocycles. The first kappa shape index (κ1) is 28.0. The topological polar surface area (TPSA) is 66.8 Å². The van der Waals surface area contributed by atoms with Crippen LogP contribution in [0.4, 0.5) is 4.79 Å². The number of benzene rings is 2. The third-order valence-corrected chi connectivity index (χ3v) is 14.9. The van der Waals surface area contributed by atoms with Gasteiger partial charge in [0.2, 0.25) is 0 Å². The summed E-state index contributed by atoms with van der Waals surface area (Å²) >= 11 is 1.59. The van der Waals surface area contributed by atoms with Crippen molar-refractivity contribution in [1.82, 2.24) is 4.90 Å². The molecule has 1 saturated heterocycles. The molecule has 3 aromatic rings. The van der Waals surface area contributed by atoms with E-state index in [-0.39, 0.29) is 40.1 Å². The van der Waals surface area contributed by atoms with Crippen molar-refractivity contribution in [2.75, 3.05) is 6.54 Å². The monoisotopic (exact) mass is 619 g/mol. The second-order valence-electron chi connectivity index (χ2n) is 15.5. The summed E-state index contributed by atoms with van der Waals surface area (Å²) in [5.41, 5.74) is 0.421. The molecule has 3 saturated carbocycles. The van der Waals surface area contributed by atoms with Crippen molar-refractivity contribution in [3.05, 3.63) is 94.9 Å². The van der Waals surface area contributed by atoms with Gasteiger partial charge >= 0.3 is 6.09 Å². The van der Waals surface area contributed by atoms with Crippen LogP contribution in [0.1, 0.15) is 74.0 Å². The van der Waals surface area contributed by atoms with E-state index < -0.39 is 11.0 Å². The van der Waals surface area contributed by atoms with Crippen LogP contribution in [-0.2, 0) is 11.3 Å². The summed E-state index contributed by atoms with van der Waals surface area (Å²) in [6.07, 6.45) is 12.7. The number of carbonyl (C=O) groups is 2. The summed E-state index contributed by atoms with van der Waals surface area (Å²) in [5.74, 6) is 0.619. The molecular weight excluding hydrogens is 578 g/mol. The molecule has 2 aromatic carbocycles. The molecule has 7 aliphatic rings. The van der Waals surface area contributed by atoms with Gasteiger partial charge < -0.3 is 9.84 Å². The number of Topliss-reactive ketones (excluding diaryl/α,β-unsaturated/α-hetero) is 1. The molecule has 0 radical (unpaired) electrons. The summed E-state index contributed by atoms with van der Waals surface area (Å²) in [4.78, 5) is 31.1. The molecule has 1 amide bonds. The molecule has 2 bridgehead atoms. The van der Waals surface area contributed by atoms with Crippen molar-refractivity contribution < 1.29 is 19.4 Å². The van der Waals surface area contributed by atoms with Crippen LogP contribution >= 0.6 is 11.3 Å². The van der Waals surface area contributed by atoms with Crippen LogP contribution in [0, 0.1) is 33.5 Å². The van der Waals surface area contributed by atoms with Gasteiger partial charge in [-0.2, -0.15) is 0 Å². The number of thiophene rings is 1. The van der Waals surface area contributed by atoms with Crippen molar-refractivity contribution in [3.8, 4) is 0 Å². The lowest BCUT2D eigenvalue weighted by Gasteiger charge is -2.71. The summed E-state index contributed by atoms with van der Waals surface area (Å²) < 4.78 is 7.67. The van der Waals surface area contributed by atoms with E-state index in [0.29, 0.717) is 25.4 Å². The first-order valence-electron chi connectivity index (χ1n) is 16.8. The molecule has 3 spiro atoms. The van der Waals surface area contributed by atoms with Crippen LogP contribution in [0.15, 0.2) is 84.5 Å². The summed E-state index contributed by atoms with van der Waals surface area (Å²) in [6.45, 7) is 5.96. The molecule has 45 heavy (non-hydrogen) atoms. The van der Waals surface area contributed by atoms with Crippen LogP contribution < -0.4 is 0 Å². The Morgan fingerprint density at radius 2 is 1.69 bits per heavy atom. The first-order chi connectivity index (χ1) is 21.6. The van der Waals surface area contributed by atoms with Gasteiger partial charge in [0.05, 0.1) is 17.5 Å². The van der Waals surface area contributed by atoms with Gasteiger partial charge in [0.15, 0.2) is 5.78 Å². The summed E-state index contributed by atoms with van der Waals surface area (Å²) in [7, 11) is 0. The average molecular weight is 620 g/mol. The highest BCUT2D eigenvalue weighted by Crippen LogP contribution is 2.79. The van der Waals surface area contributed by atoms with Gasteiger partial charge in [-0.05, 0) is 85.3 Å². The number of ether oxygens (including phenoxy) is 1. The molecule has 5 nitrogen and oxygen atoms in total. The molecule has 4 fully saturated rings. The maximum atomic E-state index is 14.9. The lowest BCUT2D eigenvalue weighted by molar-refractivity contribution is -0.164. The molecule has 232 valence electrons. The van der Waals surface area contributed by atoms with Gasteiger partial charge in [0.1, 0.15) is 5.60 Å². The van der Waals surface area contributed by atoms with Crippen LogP contribution in [0.2, 0.25) is 0 Å². The van der Waals surface area contributed by atoms with E-state index >= 15 is 0 Å². The number of aliphatic hydroxyl groups is 1. The van der Waals surface area contributed by atoms with Crippen molar-refractivity contribution in [2.45, 2.75) is 77.0 Å². The first-order valence-corrected chi connectivity index (χ1v) is 17.6. The van der Waals surface area contributed by atoms with Gasteiger partial charge in [-0.1, -0.05) is 80.6 Å². The Bertz CT molecular complexity index is 1780. The predicted molar refractivity (Wildman–Crippen MR) is 176 cm³/mol. The predicted octanol–water partition coefficient (Wildman–Crippen LogP) is 8.34. The SMILES string of the molecule is C[C@]12CC[C@H]3[C@@]4(C=C[C@@]5(C=C4C(=O)c4cc6ccccc6s4)C[C@@H](O)CC[C@]35C)[C@@H]1CC[C@@]21CN(Cc2ccccc2)C(=O)O1. The van der Waals surface area contributed by atoms with Gasteiger partial charge in [-0.3, -0.25) is 9.69 Å². The Labute approximate surface area is 269 Å².